The van der Waals surface area contributed by atoms with Crippen molar-refractivity contribution >= 4 is 5.82 Å². The van der Waals surface area contributed by atoms with E-state index in [4.69, 9.17) is 5.73 Å². The Morgan fingerprint density at radius 2 is 1.89 bits per heavy atom. The zero-order valence-corrected chi connectivity index (χ0v) is 10.9. The van der Waals surface area contributed by atoms with Gasteiger partial charge in [0.15, 0.2) is 5.82 Å². The minimum Gasteiger partial charge on any atom is -0.354 e. The van der Waals surface area contributed by atoms with E-state index < -0.39 is 0 Å². The summed E-state index contributed by atoms with van der Waals surface area (Å²) in [7, 11) is 0. The van der Waals surface area contributed by atoms with E-state index in [1.807, 2.05) is 0 Å². The van der Waals surface area contributed by atoms with E-state index in [1.165, 1.54) is 37.8 Å². The van der Waals surface area contributed by atoms with Crippen molar-refractivity contribution in [1.82, 2.24) is 10.2 Å². The first-order chi connectivity index (χ1) is 8.83. The lowest BCUT2D eigenvalue weighted by molar-refractivity contribution is 0.434. The molecule has 2 N–H and O–H groups in total. The summed E-state index contributed by atoms with van der Waals surface area (Å²) in [6, 6.07) is 4.58. The van der Waals surface area contributed by atoms with E-state index in [0.29, 0.717) is 12.0 Å². The van der Waals surface area contributed by atoms with E-state index in [-0.39, 0.29) is 0 Å². The Labute approximate surface area is 109 Å². The first-order valence-corrected chi connectivity index (χ1v) is 7.17. The lowest BCUT2D eigenvalue weighted by Crippen LogP contribution is -2.27. The molecule has 1 aliphatic carbocycles. The molecule has 1 aromatic heterocycles. The SMILES string of the molecule is NC1CCN(c2ccc(C3CCCCC3)nn2)C1. The summed E-state index contributed by atoms with van der Waals surface area (Å²) in [5, 5.41) is 8.83. The van der Waals surface area contributed by atoms with E-state index in [2.05, 4.69) is 27.2 Å². The van der Waals surface area contributed by atoms with Crippen molar-refractivity contribution in [2.75, 3.05) is 18.0 Å². The van der Waals surface area contributed by atoms with Crippen LogP contribution in [0.5, 0.6) is 0 Å². The average molecular weight is 246 g/mol. The summed E-state index contributed by atoms with van der Waals surface area (Å²) >= 11 is 0. The van der Waals surface area contributed by atoms with Gasteiger partial charge in [0, 0.05) is 25.0 Å². The van der Waals surface area contributed by atoms with Gasteiger partial charge in [0.25, 0.3) is 0 Å². The molecule has 0 radical (unpaired) electrons. The third-order valence-electron chi connectivity index (χ3n) is 4.24. The first-order valence-electron chi connectivity index (χ1n) is 7.17. The molecule has 1 saturated heterocycles. The van der Waals surface area contributed by atoms with Crippen molar-refractivity contribution in [3.63, 3.8) is 0 Å². The maximum atomic E-state index is 5.92. The van der Waals surface area contributed by atoms with Crippen molar-refractivity contribution in [3.8, 4) is 0 Å². The highest BCUT2D eigenvalue weighted by Crippen LogP contribution is 2.31. The van der Waals surface area contributed by atoms with E-state index in [9.17, 15) is 0 Å². The molecule has 1 atom stereocenters. The number of rotatable bonds is 2. The van der Waals surface area contributed by atoms with Crippen LogP contribution in [0.3, 0.4) is 0 Å². The molecular formula is C14H22N4. The monoisotopic (exact) mass is 246 g/mol. The number of nitrogens with zero attached hydrogens (tertiary/aromatic N) is 3. The fourth-order valence-corrected chi connectivity index (χ4v) is 3.12. The van der Waals surface area contributed by atoms with Crippen LogP contribution in [-0.4, -0.2) is 29.3 Å². The van der Waals surface area contributed by atoms with Gasteiger partial charge in [0.1, 0.15) is 0 Å². The summed E-state index contributed by atoms with van der Waals surface area (Å²) in [6.07, 6.45) is 7.69. The van der Waals surface area contributed by atoms with Gasteiger partial charge >= 0.3 is 0 Å². The third kappa shape index (κ3) is 2.48. The maximum absolute atomic E-state index is 5.92. The Kier molecular flexibility index (Phi) is 3.46. The van der Waals surface area contributed by atoms with Gasteiger partial charge in [-0.25, -0.2) is 0 Å². The van der Waals surface area contributed by atoms with Gasteiger partial charge < -0.3 is 10.6 Å². The number of nitrogens with two attached hydrogens (primary N) is 1. The molecule has 98 valence electrons. The molecule has 1 aliphatic heterocycles. The van der Waals surface area contributed by atoms with E-state index in [1.54, 1.807) is 0 Å². The standard InChI is InChI=1S/C14H22N4/c15-12-8-9-18(10-12)14-7-6-13(16-17-14)11-4-2-1-3-5-11/h6-7,11-12H,1-5,8-10,15H2. The van der Waals surface area contributed by atoms with Crippen LogP contribution in [0.1, 0.15) is 50.1 Å². The lowest BCUT2D eigenvalue weighted by atomic mass is 9.87. The predicted molar refractivity (Wildman–Crippen MR) is 72.7 cm³/mol. The van der Waals surface area contributed by atoms with Crippen LogP contribution in [0.2, 0.25) is 0 Å². The minimum absolute atomic E-state index is 0.296. The summed E-state index contributed by atoms with van der Waals surface area (Å²) in [5.41, 5.74) is 7.10. The quantitative estimate of drug-likeness (QED) is 0.868. The Morgan fingerprint density at radius 3 is 2.50 bits per heavy atom. The second kappa shape index (κ2) is 5.22. The molecular weight excluding hydrogens is 224 g/mol. The summed E-state index contributed by atoms with van der Waals surface area (Å²) in [4.78, 5) is 2.24. The van der Waals surface area contributed by atoms with Crippen molar-refractivity contribution in [1.29, 1.82) is 0 Å². The Hall–Kier alpha value is -1.16. The topological polar surface area (TPSA) is 55.0 Å². The van der Waals surface area contributed by atoms with Crippen LogP contribution in [-0.2, 0) is 0 Å². The van der Waals surface area contributed by atoms with Crippen LogP contribution >= 0.6 is 0 Å². The van der Waals surface area contributed by atoms with Crippen molar-refractivity contribution < 1.29 is 0 Å². The Morgan fingerprint density at radius 1 is 1.06 bits per heavy atom. The van der Waals surface area contributed by atoms with E-state index >= 15 is 0 Å². The molecule has 1 unspecified atom stereocenters. The summed E-state index contributed by atoms with van der Waals surface area (Å²) in [5.74, 6) is 1.63. The van der Waals surface area contributed by atoms with Crippen LogP contribution in [0, 0.1) is 0 Å². The van der Waals surface area contributed by atoms with Gasteiger partial charge in [-0.3, -0.25) is 0 Å². The second-order valence-electron chi connectivity index (χ2n) is 5.65. The molecule has 3 rings (SSSR count). The molecule has 0 spiro atoms. The van der Waals surface area contributed by atoms with Crippen LogP contribution in [0.25, 0.3) is 0 Å². The Balaban J connectivity index is 1.68. The van der Waals surface area contributed by atoms with Crippen molar-refractivity contribution in [3.05, 3.63) is 17.8 Å². The van der Waals surface area contributed by atoms with Gasteiger partial charge in [0.2, 0.25) is 0 Å². The van der Waals surface area contributed by atoms with Gasteiger partial charge in [-0.15, -0.1) is 5.10 Å². The second-order valence-corrected chi connectivity index (χ2v) is 5.65. The predicted octanol–water partition coefficient (Wildman–Crippen LogP) is 2.06. The van der Waals surface area contributed by atoms with E-state index in [0.717, 1.165) is 25.3 Å². The van der Waals surface area contributed by atoms with Gasteiger partial charge in [0.05, 0.1) is 5.69 Å². The normalized spacial score (nSPS) is 25.6. The first kappa shape index (κ1) is 11.9. The Bertz CT molecular complexity index is 360. The van der Waals surface area contributed by atoms with Crippen LogP contribution < -0.4 is 10.6 Å². The highest BCUT2D eigenvalue weighted by Gasteiger charge is 2.21. The van der Waals surface area contributed by atoms with Crippen LogP contribution in [0.4, 0.5) is 5.82 Å². The zero-order chi connectivity index (χ0) is 12.4. The van der Waals surface area contributed by atoms with Gasteiger partial charge in [-0.05, 0) is 31.4 Å². The third-order valence-corrected chi connectivity index (χ3v) is 4.24. The molecule has 4 nitrogen and oxygen atoms in total. The molecule has 0 bridgehead atoms. The summed E-state index contributed by atoms with van der Waals surface area (Å²) in [6.45, 7) is 1.93. The average Bonchev–Trinajstić information content (AvgIpc) is 2.87. The van der Waals surface area contributed by atoms with Gasteiger partial charge in [-0.2, -0.15) is 5.10 Å². The highest BCUT2D eigenvalue weighted by molar-refractivity contribution is 5.39. The fourth-order valence-electron chi connectivity index (χ4n) is 3.12. The largest absolute Gasteiger partial charge is 0.354 e. The number of aromatic nitrogens is 2. The van der Waals surface area contributed by atoms with Crippen molar-refractivity contribution in [2.45, 2.75) is 50.5 Å². The molecule has 2 fully saturated rings. The fraction of sp³-hybridized carbons (Fsp3) is 0.714. The molecule has 1 aromatic rings. The van der Waals surface area contributed by atoms with Gasteiger partial charge in [-0.1, -0.05) is 19.3 Å². The molecule has 0 amide bonds. The minimum atomic E-state index is 0.296. The molecule has 18 heavy (non-hydrogen) atoms. The number of hydrogen-bond donors (Lipinski definition) is 1. The smallest absolute Gasteiger partial charge is 0.151 e. The number of hydrogen-bond acceptors (Lipinski definition) is 4. The molecule has 0 aromatic carbocycles. The highest BCUT2D eigenvalue weighted by atomic mass is 15.3. The molecule has 2 aliphatic rings. The molecule has 4 heteroatoms. The zero-order valence-electron chi connectivity index (χ0n) is 10.9. The molecule has 2 heterocycles. The lowest BCUT2D eigenvalue weighted by Gasteiger charge is -2.21. The molecule has 1 saturated carbocycles. The number of anilines is 1. The summed E-state index contributed by atoms with van der Waals surface area (Å²) < 4.78 is 0. The van der Waals surface area contributed by atoms with Crippen molar-refractivity contribution in [2.24, 2.45) is 5.73 Å². The maximum Gasteiger partial charge on any atom is 0.151 e. The van der Waals surface area contributed by atoms with Crippen LogP contribution in [0.15, 0.2) is 12.1 Å².